The van der Waals surface area contributed by atoms with Crippen LogP contribution in [0.1, 0.15) is 12.5 Å². The minimum Gasteiger partial charge on any atom is -0.481 e. The van der Waals surface area contributed by atoms with E-state index in [1.807, 2.05) is 0 Å². The van der Waals surface area contributed by atoms with Gasteiger partial charge in [-0.25, -0.2) is 4.39 Å². The summed E-state index contributed by atoms with van der Waals surface area (Å²) in [7, 11) is -1.52. The standard InChI is InChI=1S/C11H12FNO5S/c1-7(11(14)15)5-19(18)6-8-2-9(12)4-10(3-8)13(16)17/h2-4,7H,5-6H2,1H3,(H,14,15). The van der Waals surface area contributed by atoms with E-state index in [1.54, 1.807) is 0 Å². The van der Waals surface area contributed by atoms with Gasteiger partial charge in [-0.1, -0.05) is 6.92 Å². The highest BCUT2D eigenvalue weighted by molar-refractivity contribution is 7.84. The second kappa shape index (κ2) is 6.37. The number of halogens is 1. The van der Waals surface area contributed by atoms with E-state index >= 15 is 0 Å². The maximum Gasteiger partial charge on any atom is 0.307 e. The summed E-state index contributed by atoms with van der Waals surface area (Å²) < 4.78 is 24.8. The average Bonchev–Trinajstić information content (AvgIpc) is 2.27. The predicted molar refractivity (Wildman–Crippen MR) is 66.6 cm³/mol. The molecule has 1 aromatic rings. The van der Waals surface area contributed by atoms with Crippen molar-refractivity contribution in [3.8, 4) is 0 Å². The van der Waals surface area contributed by atoms with Gasteiger partial charge in [0.05, 0.1) is 16.9 Å². The number of rotatable bonds is 6. The molecule has 0 aromatic heterocycles. The monoisotopic (exact) mass is 289 g/mol. The van der Waals surface area contributed by atoms with Crippen LogP contribution in [0.5, 0.6) is 0 Å². The Bertz CT molecular complexity index is 534. The van der Waals surface area contributed by atoms with Crippen molar-refractivity contribution < 1.29 is 23.4 Å². The Labute approximate surface area is 110 Å². The summed E-state index contributed by atoms with van der Waals surface area (Å²) in [5.74, 6) is -2.84. The first-order valence-electron chi connectivity index (χ1n) is 5.31. The second-order valence-corrected chi connectivity index (χ2v) is 5.57. The molecule has 0 saturated carbocycles. The Morgan fingerprint density at radius 3 is 2.68 bits per heavy atom. The van der Waals surface area contributed by atoms with E-state index < -0.39 is 39.1 Å². The lowest BCUT2D eigenvalue weighted by molar-refractivity contribution is -0.385. The molecule has 0 radical (unpaired) electrons. The number of nitro benzene ring substituents is 1. The van der Waals surface area contributed by atoms with E-state index in [9.17, 15) is 23.5 Å². The summed E-state index contributed by atoms with van der Waals surface area (Å²) in [6.45, 7) is 1.41. The van der Waals surface area contributed by atoms with Gasteiger partial charge in [0.2, 0.25) is 0 Å². The zero-order valence-electron chi connectivity index (χ0n) is 10.0. The molecule has 0 aliphatic rings. The lowest BCUT2D eigenvalue weighted by Gasteiger charge is -2.06. The van der Waals surface area contributed by atoms with Gasteiger partial charge in [-0.05, 0) is 11.6 Å². The first kappa shape index (κ1) is 15.2. The first-order chi connectivity index (χ1) is 8.79. The summed E-state index contributed by atoms with van der Waals surface area (Å²) in [6.07, 6.45) is 0. The van der Waals surface area contributed by atoms with Crippen molar-refractivity contribution in [3.05, 3.63) is 39.7 Å². The SMILES string of the molecule is CC(CS(=O)Cc1cc(F)cc([N+](=O)[O-])c1)C(=O)O. The molecular formula is C11H12FNO5S. The van der Waals surface area contributed by atoms with E-state index in [2.05, 4.69) is 0 Å². The minimum atomic E-state index is -1.52. The van der Waals surface area contributed by atoms with Gasteiger partial charge in [0, 0.05) is 28.4 Å². The topological polar surface area (TPSA) is 97.5 Å². The van der Waals surface area contributed by atoms with Crippen LogP contribution in [0.15, 0.2) is 18.2 Å². The van der Waals surface area contributed by atoms with Gasteiger partial charge in [0.25, 0.3) is 5.69 Å². The smallest absolute Gasteiger partial charge is 0.307 e. The quantitative estimate of drug-likeness (QED) is 0.635. The maximum atomic E-state index is 13.1. The number of nitrogens with zero attached hydrogens (tertiary/aromatic N) is 1. The molecule has 0 saturated heterocycles. The van der Waals surface area contributed by atoms with Crippen LogP contribution in [0.25, 0.3) is 0 Å². The fourth-order valence-electron chi connectivity index (χ4n) is 1.42. The fourth-order valence-corrected chi connectivity index (χ4v) is 2.77. The molecule has 0 bridgehead atoms. The number of carboxylic acid groups (broad SMARTS) is 1. The normalized spacial score (nSPS) is 13.8. The Kier molecular flexibility index (Phi) is 5.11. The second-order valence-electron chi connectivity index (χ2n) is 4.06. The number of benzene rings is 1. The van der Waals surface area contributed by atoms with Crippen LogP contribution in [0.4, 0.5) is 10.1 Å². The number of nitro groups is 1. The molecule has 6 nitrogen and oxygen atoms in total. The van der Waals surface area contributed by atoms with Crippen molar-refractivity contribution in [2.45, 2.75) is 12.7 Å². The summed E-state index contributed by atoms with van der Waals surface area (Å²) in [5, 5.41) is 19.2. The molecule has 0 aliphatic carbocycles. The molecule has 8 heteroatoms. The summed E-state index contributed by atoms with van der Waals surface area (Å²) >= 11 is 0. The number of hydrogen-bond donors (Lipinski definition) is 1. The van der Waals surface area contributed by atoms with Gasteiger partial charge < -0.3 is 5.11 Å². The van der Waals surface area contributed by atoms with Gasteiger partial charge in [0.1, 0.15) is 5.82 Å². The molecular weight excluding hydrogens is 277 g/mol. The van der Waals surface area contributed by atoms with Crippen molar-refractivity contribution in [3.63, 3.8) is 0 Å². The molecule has 0 spiro atoms. The number of carbonyl (C=O) groups is 1. The molecule has 0 amide bonds. The van der Waals surface area contributed by atoms with Gasteiger partial charge in [-0.3, -0.25) is 19.1 Å². The highest BCUT2D eigenvalue weighted by Crippen LogP contribution is 2.18. The molecule has 1 rings (SSSR count). The van der Waals surface area contributed by atoms with Gasteiger partial charge in [-0.15, -0.1) is 0 Å². The minimum absolute atomic E-state index is 0.0837. The van der Waals surface area contributed by atoms with Crippen molar-refractivity contribution in [1.29, 1.82) is 0 Å². The van der Waals surface area contributed by atoms with Crippen LogP contribution >= 0.6 is 0 Å². The maximum absolute atomic E-state index is 13.1. The number of carboxylic acids is 1. The lowest BCUT2D eigenvalue weighted by atomic mass is 10.2. The molecule has 0 heterocycles. The van der Waals surface area contributed by atoms with Crippen LogP contribution < -0.4 is 0 Å². The van der Waals surface area contributed by atoms with Crippen molar-refractivity contribution in [2.75, 3.05) is 5.75 Å². The molecule has 2 atom stereocenters. The average molecular weight is 289 g/mol. The number of hydrogen-bond acceptors (Lipinski definition) is 4. The zero-order chi connectivity index (χ0) is 14.6. The van der Waals surface area contributed by atoms with Crippen LogP contribution in [0.3, 0.4) is 0 Å². The molecule has 104 valence electrons. The summed E-state index contributed by atoms with van der Waals surface area (Å²) in [6, 6.07) is 2.95. The van der Waals surface area contributed by atoms with Gasteiger partial charge in [0.15, 0.2) is 0 Å². The lowest BCUT2D eigenvalue weighted by Crippen LogP contribution is -2.18. The largest absolute Gasteiger partial charge is 0.481 e. The van der Waals surface area contributed by atoms with Crippen molar-refractivity contribution in [2.24, 2.45) is 5.92 Å². The zero-order valence-corrected chi connectivity index (χ0v) is 10.9. The third kappa shape index (κ3) is 4.74. The Hall–Kier alpha value is -1.83. The summed E-state index contributed by atoms with van der Waals surface area (Å²) in [5.41, 5.74) is -0.207. The van der Waals surface area contributed by atoms with E-state index in [1.165, 1.54) is 6.92 Å². The Balaban J connectivity index is 2.79. The van der Waals surface area contributed by atoms with Crippen molar-refractivity contribution >= 4 is 22.5 Å². The fraction of sp³-hybridized carbons (Fsp3) is 0.364. The van der Waals surface area contributed by atoms with E-state index in [0.717, 1.165) is 18.2 Å². The number of non-ortho nitro benzene ring substituents is 1. The first-order valence-corrected chi connectivity index (χ1v) is 6.80. The van der Waals surface area contributed by atoms with Gasteiger partial charge in [-0.2, -0.15) is 0 Å². The van der Waals surface area contributed by atoms with Crippen LogP contribution in [-0.2, 0) is 21.3 Å². The highest BCUT2D eigenvalue weighted by Gasteiger charge is 2.16. The molecule has 2 unspecified atom stereocenters. The van der Waals surface area contributed by atoms with Crippen molar-refractivity contribution in [1.82, 2.24) is 0 Å². The highest BCUT2D eigenvalue weighted by atomic mass is 32.2. The third-order valence-electron chi connectivity index (χ3n) is 2.34. The molecule has 19 heavy (non-hydrogen) atoms. The van der Waals surface area contributed by atoms with Crippen LogP contribution in [0.2, 0.25) is 0 Å². The number of aliphatic carboxylic acids is 1. The Morgan fingerprint density at radius 2 is 2.16 bits per heavy atom. The van der Waals surface area contributed by atoms with Crippen LogP contribution in [0, 0.1) is 21.8 Å². The molecule has 0 fully saturated rings. The summed E-state index contributed by atoms with van der Waals surface area (Å²) in [4.78, 5) is 20.4. The van der Waals surface area contributed by atoms with E-state index in [4.69, 9.17) is 5.11 Å². The predicted octanol–water partition coefficient (Wildman–Crippen LogP) is 1.70. The Morgan fingerprint density at radius 1 is 1.53 bits per heavy atom. The third-order valence-corrected chi connectivity index (χ3v) is 3.87. The van der Waals surface area contributed by atoms with Gasteiger partial charge >= 0.3 is 5.97 Å². The van der Waals surface area contributed by atoms with Crippen LogP contribution in [-0.4, -0.2) is 26.0 Å². The molecule has 0 aliphatic heterocycles. The molecule has 1 aromatic carbocycles. The van der Waals surface area contributed by atoms with E-state index in [-0.39, 0.29) is 17.1 Å². The molecule has 1 N–H and O–H groups in total. The van der Waals surface area contributed by atoms with E-state index in [0.29, 0.717) is 0 Å².